The van der Waals surface area contributed by atoms with Crippen LogP contribution in [0, 0.1) is 18.8 Å². The Morgan fingerprint density at radius 3 is 2.48 bits per heavy atom. The first kappa shape index (κ1) is 16.9. The molecule has 1 aromatic rings. The van der Waals surface area contributed by atoms with Crippen LogP contribution in [-0.2, 0) is 5.41 Å². The highest BCUT2D eigenvalue weighted by atomic mass is 16.3. The van der Waals surface area contributed by atoms with Crippen LogP contribution in [0.15, 0.2) is 48.6 Å². The fourth-order valence-corrected chi connectivity index (χ4v) is 2.02. The Balaban J connectivity index is 3.27. The molecule has 0 unspecified atom stereocenters. The second-order valence-electron chi connectivity index (χ2n) is 6.04. The van der Waals surface area contributed by atoms with Crippen LogP contribution < -0.4 is 0 Å². The maximum Gasteiger partial charge on any atom is 0.120 e. The molecule has 0 amide bonds. The molecule has 0 spiro atoms. The predicted octanol–water partition coefficient (Wildman–Crippen LogP) is 5.04. The summed E-state index contributed by atoms with van der Waals surface area (Å²) in [4.78, 5) is 0. The van der Waals surface area contributed by atoms with Crippen LogP contribution in [0.1, 0.15) is 44.4 Å². The van der Waals surface area contributed by atoms with Crippen molar-refractivity contribution in [1.82, 2.24) is 0 Å². The smallest absolute Gasteiger partial charge is 0.120 e. The van der Waals surface area contributed by atoms with E-state index < -0.39 is 0 Å². The average Bonchev–Trinajstić information content (AvgIpc) is 2.38. The molecule has 0 radical (unpaired) electrons. The van der Waals surface area contributed by atoms with Crippen molar-refractivity contribution in [1.29, 1.82) is 0 Å². The Kier molecular flexibility index (Phi) is 5.61. The Hall–Kier alpha value is -2.20. The number of rotatable bonds is 2. The monoisotopic (exact) mass is 280 g/mol. The van der Waals surface area contributed by atoms with E-state index in [1.807, 2.05) is 38.1 Å². The molecule has 0 bridgehead atoms. The largest absolute Gasteiger partial charge is 0.508 e. The number of phenols is 1. The number of hydrogen-bond acceptors (Lipinski definition) is 1. The molecule has 110 valence electrons. The number of aryl methyl sites for hydroxylation is 1. The van der Waals surface area contributed by atoms with Crippen molar-refractivity contribution in [3.63, 3.8) is 0 Å². The summed E-state index contributed by atoms with van der Waals surface area (Å²) in [5.41, 5.74) is 3.68. The summed E-state index contributed by atoms with van der Waals surface area (Å²) in [5, 5.41) is 10.2. The van der Waals surface area contributed by atoms with Gasteiger partial charge in [0.1, 0.15) is 5.75 Å². The molecule has 0 saturated carbocycles. The fourth-order valence-electron chi connectivity index (χ4n) is 2.02. The fraction of sp³-hybridized carbons (Fsp3) is 0.300. The van der Waals surface area contributed by atoms with E-state index in [1.165, 1.54) is 0 Å². The van der Waals surface area contributed by atoms with Crippen molar-refractivity contribution < 1.29 is 5.11 Å². The van der Waals surface area contributed by atoms with Gasteiger partial charge >= 0.3 is 0 Å². The van der Waals surface area contributed by atoms with Crippen LogP contribution in [-0.4, -0.2) is 5.11 Å². The summed E-state index contributed by atoms with van der Waals surface area (Å²) in [7, 11) is 0. The molecule has 1 aromatic carbocycles. The second-order valence-corrected chi connectivity index (χ2v) is 6.04. The number of hydrogen-bond donors (Lipinski definition) is 1. The maximum absolute atomic E-state index is 10.2. The van der Waals surface area contributed by atoms with Gasteiger partial charge in [-0.2, -0.15) is 0 Å². The zero-order valence-corrected chi connectivity index (χ0v) is 13.6. The van der Waals surface area contributed by atoms with Crippen molar-refractivity contribution in [3.8, 4) is 17.6 Å². The van der Waals surface area contributed by atoms with E-state index >= 15 is 0 Å². The van der Waals surface area contributed by atoms with Crippen molar-refractivity contribution in [3.05, 3.63) is 65.3 Å². The maximum atomic E-state index is 10.2. The highest BCUT2D eigenvalue weighted by Gasteiger charge is 2.18. The Morgan fingerprint density at radius 1 is 1.29 bits per heavy atom. The van der Waals surface area contributed by atoms with Gasteiger partial charge in [0.2, 0.25) is 0 Å². The molecule has 1 N–H and O–H groups in total. The summed E-state index contributed by atoms with van der Waals surface area (Å²) < 4.78 is 0. The number of allylic oxidation sites excluding steroid dienone is 5. The van der Waals surface area contributed by atoms with Gasteiger partial charge in [-0.3, -0.25) is 0 Å². The van der Waals surface area contributed by atoms with E-state index in [4.69, 9.17) is 0 Å². The van der Waals surface area contributed by atoms with Crippen molar-refractivity contribution in [2.75, 3.05) is 0 Å². The minimum atomic E-state index is -0.0837. The highest BCUT2D eigenvalue weighted by Crippen LogP contribution is 2.32. The first-order valence-corrected chi connectivity index (χ1v) is 7.11. The van der Waals surface area contributed by atoms with E-state index in [0.29, 0.717) is 5.75 Å². The van der Waals surface area contributed by atoms with Crippen molar-refractivity contribution in [2.45, 2.75) is 40.0 Å². The van der Waals surface area contributed by atoms with Gasteiger partial charge in [0, 0.05) is 11.1 Å². The topological polar surface area (TPSA) is 20.2 Å². The average molecular weight is 280 g/mol. The van der Waals surface area contributed by atoms with E-state index in [-0.39, 0.29) is 5.41 Å². The molecule has 0 aliphatic carbocycles. The standard InChI is InChI=1S/C20H24O/c1-7-9-16(10-8-2)11-12-17-14-19(21)18(13-15(17)3)20(4,5)6/h7-10,13-14,21H,1H2,2-6H3/b10-8-,16-9+. The van der Waals surface area contributed by atoms with Crippen LogP contribution >= 0.6 is 0 Å². The summed E-state index contributed by atoms with van der Waals surface area (Å²) >= 11 is 0. The molecule has 0 heterocycles. The number of phenolic OH excluding ortho intramolecular Hbond substituents is 1. The summed E-state index contributed by atoms with van der Waals surface area (Å²) in [6, 6.07) is 3.77. The Labute approximate surface area is 128 Å². The van der Waals surface area contributed by atoms with E-state index in [0.717, 1.165) is 22.3 Å². The summed E-state index contributed by atoms with van der Waals surface area (Å²) in [6.45, 7) is 13.9. The van der Waals surface area contributed by atoms with Crippen LogP contribution in [0.25, 0.3) is 0 Å². The van der Waals surface area contributed by atoms with Gasteiger partial charge in [0.25, 0.3) is 0 Å². The molecule has 1 heteroatoms. The van der Waals surface area contributed by atoms with Crippen LogP contribution in [0.3, 0.4) is 0 Å². The number of aromatic hydroxyl groups is 1. The molecule has 0 aromatic heterocycles. The third-order valence-corrected chi connectivity index (χ3v) is 3.14. The zero-order chi connectivity index (χ0) is 16.0. The van der Waals surface area contributed by atoms with Gasteiger partial charge in [0.15, 0.2) is 0 Å². The minimum Gasteiger partial charge on any atom is -0.508 e. The molecular weight excluding hydrogens is 256 g/mol. The summed E-state index contributed by atoms with van der Waals surface area (Å²) in [6.07, 6.45) is 7.47. The highest BCUT2D eigenvalue weighted by molar-refractivity contribution is 5.54. The molecule has 1 nitrogen and oxygen atoms in total. The summed E-state index contributed by atoms with van der Waals surface area (Å²) in [5.74, 6) is 6.53. The molecule has 0 atom stereocenters. The lowest BCUT2D eigenvalue weighted by molar-refractivity contribution is 0.446. The van der Waals surface area contributed by atoms with Gasteiger partial charge in [-0.15, -0.1) is 0 Å². The zero-order valence-electron chi connectivity index (χ0n) is 13.6. The molecule has 0 aliphatic heterocycles. The molecule has 0 aliphatic rings. The molecule has 21 heavy (non-hydrogen) atoms. The quantitative estimate of drug-likeness (QED) is 0.594. The van der Waals surface area contributed by atoms with E-state index in [2.05, 4.69) is 39.2 Å². The van der Waals surface area contributed by atoms with Crippen molar-refractivity contribution in [2.24, 2.45) is 0 Å². The third kappa shape index (κ3) is 4.68. The van der Waals surface area contributed by atoms with Crippen LogP contribution in [0.4, 0.5) is 0 Å². The predicted molar refractivity (Wildman–Crippen MR) is 91.5 cm³/mol. The lowest BCUT2D eigenvalue weighted by Crippen LogP contribution is -2.11. The first-order chi connectivity index (χ1) is 9.79. The van der Waals surface area contributed by atoms with Gasteiger partial charge < -0.3 is 5.11 Å². The van der Waals surface area contributed by atoms with E-state index in [9.17, 15) is 5.11 Å². The van der Waals surface area contributed by atoms with Crippen LogP contribution in [0.2, 0.25) is 0 Å². The minimum absolute atomic E-state index is 0.0837. The van der Waals surface area contributed by atoms with E-state index in [1.54, 1.807) is 12.1 Å². The Bertz CT molecular complexity index is 641. The van der Waals surface area contributed by atoms with Crippen LogP contribution in [0.5, 0.6) is 5.75 Å². The van der Waals surface area contributed by atoms with Gasteiger partial charge in [-0.1, -0.05) is 63.5 Å². The van der Waals surface area contributed by atoms with Crippen molar-refractivity contribution >= 4 is 0 Å². The first-order valence-electron chi connectivity index (χ1n) is 7.11. The van der Waals surface area contributed by atoms with Gasteiger partial charge in [-0.05, 0) is 42.5 Å². The molecule has 0 saturated heterocycles. The Morgan fingerprint density at radius 2 is 1.95 bits per heavy atom. The lowest BCUT2D eigenvalue weighted by atomic mass is 9.84. The number of benzene rings is 1. The molecular formula is C20H24O. The molecule has 1 rings (SSSR count). The second kappa shape index (κ2) is 6.99. The SMILES string of the molecule is C=C/C=C(C#Cc1cc(O)c(C(C)(C)C)cc1C)\C=C/C. The lowest BCUT2D eigenvalue weighted by Gasteiger charge is -2.21. The van der Waals surface area contributed by atoms with Gasteiger partial charge in [0.05, 0.1) is 0 Å². The van der Waals surface area contributed by atoms with Gasteiger partial charge in [-0.25, -0.2) is 0 Å². The molecule has 0 fully saturated rings. The normalized spacial score (nSPS) is 12.1. The third-order valence-electron chi connectivity index (χ3n) is 3.14.